The lowest BCUT2D eigenvalue weighted by atomic mass is 10.2. The molecule has 2 rings (SSSR count). The van der Waals surface area contributed by atoms with Gasteiger partial charge in [-0.1, -0.05) is 12.1 Å². The molecule has 0 spiro atoms. The Morgan fingerprint density at radius 1 is 1.56 bits per heavy atom. The molecule has 1 aromatic rings. The van der Waals surface area contributed by atoms with Crippen molar-refractivity contribution >= 4 is 6.01 Å². The molecule has 1 fully saturated rings. The molecule has 6 nitrogen and oxygen atoms in total. The highest BCUT2D eigenvalue weighted by Crippen LogP contribution is 2.07. The maximum Gasteiger partial charge on any atom is 0.321 e. The SMILES string of the molecule is CCN1CCOC(CNc2nc(C)no2)C1. The summed E-state index contributed by atoms with van der Waals surface area (Å²) in [5, 5.41) is 6.80. The van der Waals surface area contributed by atoms with E-state index in [0.29, 0.717) is 18.4 Å². The largest absolute Gasteiger partial charge is 0.374 e. The number of nitrogens with zero attached hydrogens (tertiary/aromatic N) is 3. The van der Waals surface area contributed by atoms with Crippen LogP contribution in [-0.4, -0.2) is 53.9 Å². The molecular formula is C10H18N4O2. The van der Waals surface area contributed by atoms with Crippen molar-refractivity contribution in [1.29, 1.82) is 0 Å². The number of anilines is 1. The van der Waals surface area contributed by atoms with Gasteiger partial charge in [-0.2, -0.15) is 4.98 Å². The van der Waals surface area contributed by atoms with Gasteiger partial charge >= 0.3 is 6.01 Å². The lowest BCUT2D eigenvalue weighted by Crippen LogP contribution is -2.45. The van der Waals surface area contributed by atoms with Crippen molar-refractivity contribution in [3.63, 3.8) is 0 Å². The number of nitrogens with one attached hydrogen (secondary N) is 1. The maximum absolute atomic E-state index is 5.64. The van der Waals surface area contributed by atoms with E-state index in [1.165, 1.54) is 0 Å². The van der Waals surface area contributed by atoms with Gasteiger partial charge in [0, 0.05) is 19.6 Å². The minimum atomic E-state index is 0.195. The summed E-state index contributed by atoms with van der Waals surface area (Å²) in [7, 11) is 0. The molecule has 0 bridgehead atoms. The van der Waals surface area contributed by atoms with E-state index in [-0.39, 0.29) is 6.10 Å². The zero-order valence-corrected chi connectivity index (χ0v) is 9.77. The zero-order valence-electron chi connectivity index (χ0n) is 9.77. The van der Waals surface area contributed by atoms with E-state index >= 15 is 0 Å². The molecule has 1 aromatic heterocycles. The maximum atomic E-state index is 5.64. The first-order chi connectivity index (χ1) is 7.78. The second-order valence-corrected chi connectivity index (χ2v) is 3.91. The molecule has 1 saturated heterocycles. The van der Waals surface area contributed by atoms with Crippen LogP contribution >= 0.6 is 0 Å². The smallest absolute Gasteiger partial charge is 0.321 e. The number of hydrogen-bond donors (Lipinski definition) is 1. The van der Waals surface area contributed by atoms with Crippen LogP contribution in [0.2, 0.25) is 0 Å². The summed E-state index contributed by atoms with van der Waals surface area (Å²) < 4.78 is 10.6. The third-order valence-corrected chi connectivity index (χ3v) is 2.68. The normalized spacial score (nSPS) is 22.2. The molecule has 0 amide bonds. The molecule has 1 aliphatic heterocycles. The number of aromatic nitrogens is 2. The van der Waals surface area contributed by atoms with Crippen LogP contribution in [0.15, 0.2) is 4.52 Å². The van der Waals surface area contributed by atoms with Crippen LogP contribution < -0.4 is 5.32 Å². The van der Waals surface area contributed by atoms with Crippen molar-refractivity contribution in [2.75, 3.05) is 38.1 Å². The van der Waals surface area contributed by atoms with Gasteiger partial charge < -0.3 is 14.6 Å². The highest BCUT2D eigenvalue weighted by molar-refractivity contribution is 5.18. The molecule has 0 aromatic carbocycles. The average Bonchev–Trinajstić information content (AvgIpc) is 2.73. The van der Waals surface area contributed by atoms with Crippen LogP contribution in [0.25, 0.3) is 0 Å². The van der Waals surface area contributed by atoms with Crippen LogP contribution in [0.4, 0.5) is 6.01 Å². The summed E-state index contributed by atoms with van der Waals surface area (Å²) in [6, 6.07) is 0.467. The lowest BCUT2D eigenvalue weighted by Gasteiger charge is -2.31. The molecule has 6 heteroatoms. The quantitative estimate of drug-likeness (QED) is 0.807. The number of likely N-dealkylation sites (N-methyl/N-ethyl adjacent to an activating group) is 1. The van der Waals surface area contributed by atoms with Gasteiger partial charge in [-0.05, 0) is 13.5 Å². The fourth-order valence-corrected chi connectivity index (χ4v) is 1.76. The standard InChI is InChI=1S/C10H18N4O2/c1-3-14-4-5-15-9(7-14)6-11-10-12-8(2)13-16-10/h9H,3-7H2,1-2H3,(H,11,12,13). The molecule has 90 valence electrons. The van der Waals surface area contributed by atoms with Crippen molar-refractivity contribution in [2.24, 2.45) is 0 Å². The van der Waals surface area contributed by atoms with E-state index in [4.69, 9.17) is 9.26 Å². The van der Waals surface area contributed by atoms with Gasteiger partial charge in [-0.25, -0.2) is 0 Å². The Balaban J connectivity index is 1.77. The lowest BCUT2D eigenvalue weighted by molar-refractivity contribution is -0.0194. The highest BCUT2D eigenvalue weighted by atomic mass is 16.5. The molecule has 0 radical (unpaired) electrons. The fraction of sp³-hybridized carbons (Fsp3) is 0.800. The number of morpholine rings is 1. The third kappa shape index (κ3) is 2.93. The number of aryl methyl sites for hydroxylation is 1. The van der Waals surface area contributed by atoms with Crippen molar-refractivity contribution in [3.05, 3.63) is 5.82 Å². The van der Waals surface area contributed by atoms with E-state index in [1.807, 2.05) is 0 Å². The fourth-order valence-electron chi connectivity index (χ4n) is 1.76. The van der Waals surface area contributed by atoms with Gasteiger partial charge in [0.15, 0.2) is 5.82 Å². The van der Waals surface area contributed by atoms with Gasteiger partial charge in [-0.15, -0.1) is 0 Å². The highest BCUT2D eigenvalue weighted by Gasteiger charge is 2.19. The minimum Gasteiger partial charge on any atom is -0.374 e. The van der Waals surface area contributed by atoms with Gasteiger partial charge in [0.05, 0.1) is 12.7 Å². The Labute approximate surface area is 95.0 Å². The van der Waals surface area contributed by atoms with Gasteiger partial charge in [0.25, 0.3) is 0 Å². The molecule has 1 N–H and O–H groups in total. The van der Waals surface area contributed by atoms with Gasteiger partial charge in [-0.3, -0.25) is 4.90 Å². The molecule has 1 unspecified atom stereocenters. The Morgan fingerprint density at radius 2 is 2.44 bits per heavy atom. The van der Waals surface area contributed by atoms with E-state index < -0.39 is 0 Å². The van der Waals surface area contributed by atoms with Crippen molar-refractivity contribution < 1.29 is 9.26 Å². The Morgan fingerprint density at radius 3 is 3.12 bits per heavy atom. The second-order valence-electron chi connectivity index (χ2n) is 3.91. The monoisotopic (exact) mass is 226 g/mol. The molecule has 0 aliphatic carbocycles. The van der Waals surface area contributed by atoms with Crippen LogP contribution in [0.3, 0.4) is 0 Å². The molecule has 16 heavy (non-hydrogen) atoms. The average molecular weight is 226 g/mol. The Bertz CT molecular complexity index is 328. The topological polar surface area (TPSA) is 63.4 Å². The molecule has 2 heterocycles. The van der Waals surface area contributed by atoms with Crippen LogP contribution in [0.1, 0.15) is 12.7 Å². The van der Waals surface area contributed by atoms with E-state index in [2.05, 4.69) is 27.3 Å². The van der Waals surface area contributed by atoms with Gasteiger partial charge in [0.1, 0.15) is 0 Å². The third-order valence-electron chi connectivity index (χ3n) is 2.68. The van der Waals surface area contributed by atoms with E-state index in [1.54, 1.807) is 6.92 Å². The van der Waals surface area contributed by atoms with Crippen molar-refractivity contribution in [1.82, 2.24) is 15.0 Å². The molecular weight excluding hydrogens is 208 g/mol. The number of hydrogen-bond acceptors (Lipinski definition) is 6. The van der Waals surface area contributed by atoms with Crippen LogP contribution in [0.5, 0.6) is 0 Å². The molecule has 0 saturated carbocycles. The van der Waals surface area contributed by atoms with Crippen LogP contribution in [0, 0.1) is 6.92 Å². The first kappa shape index (κ1) is 11.3. The Kier molecular flexibility index (Phi) is 3.74. The summed E-state index contributed by atoms with van der Waals surface area (Å²) in [4.78, 5) is 6.45. The van der Waals surface area contributed by atoms with Crippen LogP contribution in [-0.2, 0) is 4.74 Å². The predicted molar refractivity (Wildman–Crippen MR) is 59.4 cm³/mol. The summed E-state index contributed by atoms with van der Waals surface area (Å²) in [6.07, 6.45) is 0.195. The minimum absolute atomic E-state index is 0.195. The summed E-state index contributed by atoms with van der Waals surface area (Å²) in [6.45, 7) is 8.51. The number of rotatable bonds is 4. The van der Waals surface area contributed by atoms with Crippen molar-refractivity contribution in [3.8, 4) is 0 Å². The second kappa shape index (κ2) is 5.27. The van der Waals surface area contributed by atoms with E-state index in [0.717, 1.165) is 26.2 Å². The summed E-state index contributed by atoms with van der Waals surface area (Å²) >= 11 is 0. The first-order valence-electron chi connectivity index (χ1n) is 5.66. The molecule has 1 atom stereocenters. The summed E-state index contributed by atoms with van der Waals surface area (Å²) in [5.74, 6) is 0.641. The van der Waals surface area contributed by atoms with E-state index in [9.17, 15) is 0 Å². The predicted octanol–water partition coefficient (Wildman–Crippen LogP) is 0.511. The number of ether oxygens (including phenoxy) is 1. The Hall–Kier alpha value is -1.14. The molecule has 1 aliphatic rings. The first-order valence-corrected chi connectivity index (χ1v) is 5.66. The summed E-state index contributed by atoms with van der Waals surface area (Å²) in [5.41, 5.74) is 0. The van der Waals surface area contributed by atoms with Crippen molar-refractivity contribution in [2.45, 2.75) is 20.0 Å². The van der Waals surface area contributed by atoms with Gasteiger partial charge in [0.2, 0.25) is 0 Å². The zero-order chi connectivity index (χ0) is 11.4.